The van der Waals surface area contributed by atoms with Gasteiger partial charge in [-0.3, -0.25) is 4.79 Å². The molecule has 22 heavy (non-hydrogen) atoms. The normalized spacial score (nSPS) is 15.7. The first-order valence-electron chi connectivity index (χ1n) is 6.44. The van der Waals surface area contributed by atoms with E-state index in [1.807, 2.05) is 0 Å². The maximum Gasteiger partial charge on any atom is 0.483 e. The molecule has 0 aliphatic heterocycles. The van der Waals surface area contributed by atoms with Crippen molar-refractivity contribution in [2.24, 2.45) is 4.36 Å². The van der Waals surface area contributed by atoms with Gasteiger partial charge in [0.15, 0.2) is 9.73 Å². The van der Waals surface area contributed by atoms with Gasteiger partial charge >= 0.3 is 5.51 Å². The number of rotatable bonds is 5. The average molecular weight is 340 g/mol. The first kappa shape index (κ1) is 18.4. The molecule has 0 aliphatic carbocycles. The molecule has 124 valence electrons. The Morgan fingerprint density at radius 3 is 2.32 bits per heavy atom. The van der Waals surface area contributed by atoms with Crippen molar-refractivity contribution < 1.29 is 26.6 Å². The molecule has 9 heteroatoms. The van der Waals surface area contributed by atoms with Crippen molar-refractivity contribution >= 4 is 15.6 Å². The number of nitrogens with one attached hydrogen (secondary N) is 1. The molecule has 1 N–H and O–H groups in total. The van der Waals surface area contributed by atoms with E-state index in [0.29, 0.717) is 6.42 Å². The van der Waals surface area contributed by atoms with E-state index in [-0.39, 0.29) is 6.04 Å². The maximum absolute atomic E-state index is 13.1. The first-order valence-corrected chi connectivity index (χ1v) is 7.96. The predicted octanol–water partition coefficient (Wildman–Crippen LogP) is 3.09. The lowest BCUT2D eigenvalue weighted by Gasteiger charge is -2.15. The number of benzene rings is 1. The number of hydrogen-bond donors (Lipinski definition) is 1. The number of halogens is 4. The second-order valence-electron chi connectivity index (χ2n) is 4.59. The predicted molar refractivity (Wildman–Crippen MR) is 74.1 cm³/mol. The lowest BCUT2D eigenvalue weighted by atomic mass is 10.2. The molecule has 0 fully saturated rings. The van der Waals surface area contributed by atoms with E-state index in [0.717, 1.165) is 24.3 Å². The van der Waals surface area contributed by atoms with Crippen molar-refractivity contribution in [3.05, 3.63) is 30.1 Å². The zero-order valence-electron chi connectivity index (χ0n) is 12.0. The highest BCUT2D eigenvalue weighted by molar-refractivity contribution is 7.94. The zero-order valence-corrected chi connectivity index (χ0v) is 12.8. The highest BCUT2D eigenvalue weighted by atomic mass is 32.2. The Balaban J connectivity index is 3.13. The molecule has 0 aromatic heterocycles. The largest absolute Gasteiger partial charge is 0.483 e. The van der Waals surface area contributed by atoms with Crippen molar-refractivity contribution in [1.29, 1.82) is 0 Å². The maximum atomic E-state index is 13.1. The van der Waals surface area contributed by atoms with Crippen LogP contribution in [-0.2, 0) is 14.5 Å². The summed E-state index contributed by atoms with van der Waals surface area (Å²) in [6, 6.07) is 2.79. The zero-order chi connectivity index (χ0) is 17.0. The Morgan fingerprint density at radius 2 is 1.86 bits per heavy atom. The van der Waals surface area contributed by atoms with Crippen LogP contribution in [0.1, 0.15) is 20.3 Å². The Labute approximate surface area is 126 Å². The Morgan fingerprint density at radius 1 is 1.32 bits per heavy atom. The lowest BCUT2D eigenvalue weighted by Crippen LogP contribution is -2.34. The molecule has 0 radical (unpaired) electrons. The summed E-state index contributed by atoms with van der Waals surface area (Å²) in [7, 11) is -4.84. The third-order valence-corrected chi connectivity index (χ3v) is 4.89. The molecule has 0 bridgehead atoms. The standard InChI is InChI=1S/C13H16F4N2O2S/c1-3-9(2)19-12(20)8-18-22(21,13(15,16)17)11-6-4-10(14)5-7-11/h4-7,9H,3,8H2,1-2H3,(H,19,20)/t9-,22+/m0/s1. The molecular weight excluding hydrogens is 324 g/mol. The van der Waals surface area contributed by atoms with Crippen LogP contribution >= 0.6 is 0 Å². The molecule has 1 aromatic rings. The summed E-state index contributed by atoms with van der Waals surface area (Å²) in [5.41, 5.74) is -5.17. The van der Waals surface area contributed by atoms with Gasteiger partial charge in [-0.2, -0.15) is 13.2 Å². The molecule has 0 unspecified atom stereocenters. The minimum atomic E-state index is -5.17. The number of hydrogen-bond acceptors (Lipinski definition) is 3. The second kappa shape index (κ2) is 7.08. The van der Waals surface area contributed by atoms with Crippen LogP contribution in [0.5, 0.6) is 0 Å². The van der Waals surface area contributed by atoms with E-state index in [4.69, 9.17) is 0 Å². The summed E-state index contributed by atoms with van der Waals surface area (Å²) in [4.78, 5) is 10.8. The van der Waals surface area contributed by atoms with Gasteiger partial charge in [0.1, 0.15) is 12.4 Å². The van der Waals surface area contributed by atoms with Crippen LogP contribution in [-0.4, -0.2) is 28.2 Å². The molecule has 1 aromatic carbocycles. The monoisotopic (exact) mass is 340 g/mol. The van der Waals surface area contributed by atoms with Gasteiger partial charge in [-0.25, -0.2) is 13.0 Å². The Kier molecular flexibility index (Phi) is 5.92. The van der Waals surface area contributed by atoms with Crippen LogP contribution in [0.4, 0.5) is 17.6 Å². The summed E-state index contributed by atoms with van der Waals surface area (Å²) in [6.07, 6.45) is 0.596. The van der Waals surface area contributed by atoms with Crippen LogP contribution in [0.2, 0.25) is 0 Å². The van der Waals surface area contributed by atoms with E-state index < -0.39 is 38.4 Å². The van der Waals surface area contributed by atoms with E-state index in [1.54, 1.807) is 13.8 Å². The molecule has 0 saturated carbocycles. The molecular formula is C13H16F4N2O2S. The third kappa shape index (κ3) is 4.43. The average Bonchev–Trinajstić information content (AvgIpc) is 2.44. The highest BCUT2D eigenvalue weighted by Gasteiger charge is 2.44. The molecule has 1 amide bonds. The van der Waals surface area contributed by atoms with E-state index in [2.05, 4.69) is 9.68 Å². The van der Waals surface area contributed by atoms with Gasteiger partial charge in [0.25, 0.3) is 0 Å². The smallest absolute Gasteiger partial charge is 0.352 e. The van der Waals surface area contributed by atoms with Crippen LogP contribution in [0, 0.1) is 5.82 Å². The van der Waals surface area contributed by atoms with Gasteiger partial charge in [-0.1, -0.05) is 6.92 Å². The topological polar surface area (TPSA) is 58.5 Å². The van der Waals surface area contributed by atoms with Crippen molar-refractivity contribution in [2.75, 3.05) is 6.54 Å². The molecule has 2 atom stereocenters. The van der Waals surface area contributed by atoms with Crippen molar-refractivity contribution in [3.63, 3.8) is 0 Å². The quantitative estimate of drug-likeness (QED) is 0.838. The summed E-state index contributed by atoms with van der Waals surface area (Å²) in [5, 5.41) is 2.43. The van der Waals surface area contributed by atoms with Crippen molar-refractivity contribution in [2.45, 2.75) is 36.7 Å². The first-order chi connectivity index (χ1) is 10.1. The van der Waals surface area contributed by atoms with Gasteiger partial charge in [-0.05, 0) is 37.6 Å². The van der Waals surface area contributed by atoms with E-state index in [9.17, 15) is 26.6 Å². The van der Waals surface area contributed by atoms with Crippen LogP contribution in [0.3, 0.4) is 0 Å². The summed E-state index contributed by atoms with van der Waals surface area (Å²) >= 11 is 0. The van der Waals surface area contributed by atoms with Crippen LogP contribution in [0.15, 0.2) is 33.5 Å². The van der Waals surface area contributed by atoms with E-state index >= 15 is 0 Å². The number of carbonyl (C=O) groups excluding carboxylic acids is 1. The van der Waals surface area contributed by atoms with Crippen LogP contribution < -0.4 is 5.32 Å². The second-order valence-corrected chi connectivity index (χ2v) is 6.83. The molecule has 0 saturated heterocycles. The minimum Gasteiger partial charge on any atom is -0.352 e. The van der Waals surface area contributed by atoms with Crippen molar-refractivity contribution in [1.82, 2.24) is 5.32 Å². The minimum absolute atomic E-state index is 0.226. The van der Waals surface area contributed by atoms with Crippen LogP contribution in [0.25, 0.3) is 0 Å². The van der Waals surface area contributed by atoms with Gasteiger partial charge < -0.3 is 5.32 Å². The van der Waals surface area contributed by atoms with Crippen molar-refractivity contribution in [3.8, 4) is 0 Å². The summed E-state index contributed by atoms with van der Waals surface area (Å²) in [5.74, 6) is -1.52. The Bertz CT molecular complexity index is 634. The number of alkyl halides is 3. The summed E-state index contributed by atoms with van der Waals surface area (Å²) < 4.78 is 67.3. The van der Waals surface area contributed by atoms with Gasteiger partial charge in [0.05, 0.1) is 4.90 Å². The third-order valence-electron chi connectivity index (χ3n) is 2.86. The SMILES string of the molecule is CC[C@H](C)NC(=O)CN=[S@@](=O)(c1ccc(F)cc1)C(F)(F)F. The number of amides is 1. The fourth-order valence-electron chi connectivity index (χ4n) is 1.47. The molecule has 4 nitrogen and oxygen atoms in total. The summed E-state index contributed by atoms with van der Waals surface area (Å²) in [6.45, 7) is 2.58. The van der Waals surface area contributed by atoms with Gasteiger partial charge in [0.2, 0.25) is 5.91 Å². The fourth-order valence-corrected chi connectivity index (χ4v) is 2.84. The van der Waals surface area contributed by atoms with Gasteiger partial charge in [-0.15, -0.1) is 0 Å². The molecule has 1 rings (SSSR count). The number of nitrogens with zero attached hydrogens (tertiary/aromatic N) is 1. The lowest BCUT2D eigenvalue weighted by molar-refractivity contribution is -0.120. The fraction of sp³-hybridized carbons (Fsp3) is 0.462. The molecule has 0 spiro atoms. The molecule has 0 heterocycles. The highest BCUT2D eigenvalue weighted by Crippen LogP contribution is 2.32. The molecule has 0 aliphatic rings. The number of carbonyl (C=O) groups is 1. The Hall–Kier alpha value is -1.64. The van der Waals surface area contributed by atoms with Gasteiger partial charge in [0, 0.05) is 6.04 Å². The van der Waals surface area contributed by atoms with E-state index in [1.165, 1.54) is 0 Å².